The zero-order valence-corrected chi connectivity index (χ0v) is 21.0. The molecule has 6 nitrogen and oxygen atoms in total. The van der Waals surface area contributed by atoms with Gasteiger partial charge in [-0.15, -0.1) is 10.2 Å². The molecule has 0 spiro atoms. The molecular weight excluding hydrogens is 504 g/mol. The lowest BCUT2D eigenvalue weighted by Crippen LogP contribution is -2.14. The fraction of sp³-hybridized carbons (Fsp3) is 0.240. The first-order valence-electron chi connectivity index (χ1n) is 10.7. The molecule has 0 aliphatic rings. The Morgan fingerprint density at radius 1 is 1.12 bits per heavy atom. The molecule has 8 heteroatoms. The van der Waals surface area contributed by atoms with Gasteiger partial charge in [-0.25, -0.2) is 0 Å². The summed E-state index contributed by atoms with van der Waals surface area (Å²) >= 11 is 9.90. The highest BCUT2D eigenvalue weighted by Gasteiger charge is 2.18. The zero-order valence-electron chi connectivity index (χ0n) is 18.7. The predicted octanol–water partition coefficient (Wildman–Crippen LogP) is 6.75. The van der Waals surface area contributed by atoms with Gasteiger partial charge in [0.05, 0.1) is 29.1 Å². The van der Waals surface area contributed by atoms with Crippen LogP contribution in [0.5, 0.6) is 5.75 Å². The summed E-state index contributed by atoms with van der Waals surface area (Å²) in [5.74, 6) is 0.189. The van der Waals surface area contributed by atoms with E-state index in [1.807, 2.05) is 25.1 Å². The number of nitrogens with one attached hydrogen (secondary N) is 1. The molecule has 1 amide bonds. The maximum atomic E-state index is 13.0. The standard InChI is InChI=1S/C25H24BrClN4O2/c1-4-5-6-16-7-9-18(10-8-16)31-29-22-13-20(27)21(14-23(22)30-31)28-25(32)19-12-17(26)11-15(2)24(19)33-3/h7-14H,4-6H2,1-3H3,(H,28,32). The Hall–Kier alpha value is -2.90. The molecule has 0 atom stereocenters. The highest BCUT2D eigenvalue weighted by molar-refractivity contribution is 9.10. The van der Waals surface area contributed by atoms with E-state index in [4.69, 9.17) is 16.3 Å². The summed E-state index contributed by atoms with van der Waals surface area (Å²) < 4.78 is 6.22. The Morgan fingerprint density at radius 2 is 1.82 bits per heavy atom. The molecule has 0 aliphatic carbocycles. The number of fused-ring (bicyclic) bond motifs is 1. The molecule has 33 heavy (non-hydrogen) atoms. The van der Waals surface area contributed by atoms with Crippen molar-refractivity contribution in [1.82, 2.24) is 15.0 Å². The van der Waals surface area contributed by atoms with Gasteiger partial charge in [0.1, 0.15) is 16.8 Å². The van der Waals surface area contributed by atoms with Crippen LogP contribution in [0, 0.1) is 6.92 Å². The number of halogens is 2. The highest BCUT2D eigenvalue weighted by Crippen LogP contribution is 2.31. The summed E-state index contributed by atoms with van der Waals surface area (Å²) in [5.41, 5.74) is 5.14. The van der Waals surface area contributed by atoms with E-state index >= 15 is 0 Å². The van der Waals surface area contributed by atoms with Gasteiger partial charge in [-0.1, -0.05) is 53.0 Å². The monoisotopic (exact) mass is 526 g/mol. The van der Waals surface area contributed by atoms with Crippen molar-refractivity contribution in [2.24, 2.45) is 0 Å². The summed E-state index contributed by atoms with van der Waals surface area (Å²) in [7, 11) is 1.54. The van der Waals surface area contributed by atoms with Gasteiger partial charge in [0.15, 0.2) is 0 Å². The fourth-order valence-electron chi connectivity index (χ4n) is 3.69. The Bertz CT molecular complexity index is 1320. The second-order valence-electron chi connectivity index (χ2n) is 7.84. The minimum Gasteiger partial charge on any atom is -0.496 e. The first kappa shape index (κ1) is 23.3. The second-order valence-corrected chi connectivity index (χ2v) is 9.16. The number of anilines is 1. The predicted molar refractivity (Wildman–Crippen MR) is 136 cm³/mol. The maximum absolute atomic E-state index is 13.0. The number of aromatic nitrogens is 3. The summed E-state index contributed by atoms with van der Waals surface area (Å²) in [6.07, 6.45) is 3.40. The molecule has 0 fully saturated rings. The Labute approximate surface area is 206 Å². The molecule has 0 unspecified atom stereocenters. The first-order chi connectivity index (χ1) is 15.9. The van der Waals surface area contributed by atoms with Crippen LogP contribution >= 0.6 is 27.5 Å². The van der Waals surface area contributed by atoms with Gasteiger partial charge in [-0.2, -0.15) is 4.80 Å². The molecule has 4 aromatic rings. The molecule has 0 saturated carbocycles. The molecule has 0 radical (unpaired) electrons. The number of ether oxygens (including phenoxy) is 1. The van der Waals surface area contributed by atoms with Crippen LogP contribution in [0.15, 0.2) is 53.0 Å². The van der Waals surface area contributed by atoms with Gasteiger partial charge in [-0.05, 0) is 67.3 Å². The van der Waals surface area contributed by atoms with Gasteiger partial charge in [0.2, 0.25) is 0 Å². The van der Waals surface area contributed by atoms with Crippen molar-refractivity contribution in [2.45, 2.75) is 33.1 Å². The summed E-state index contributed by atoms with van der Waals surface area (Å²) in [4.78, 5) is 14.6. The lowest BCUT2D eigenvalue weighted by Gasteiger charge is -2.13. The SMILES string of the molecule is CCCCc1ccc(-n2nc3cc(Cl)c(NC(=O)c4cc(Br)cc(C)c4OC)cc3n2)cc1. The molecule has 0 aliphatic heterocycles. The Morgan fingerprint density at radius 3 is 2.48 bits per heavy atom. The van der Waals surface area contributed by atoms with Crippen molar-refractivity contribution in [2.75, 3.05) is 12.4 Å². The summed E-state index contributed by atoms with van der Waals surface area (Å²) in [5, 5.41) is 12.4. The van der Waals surface area contributed by atoms with Gasteiger partial charge in [0, 0.05) is 4.47 Å². The van der Waals surface area contributed by atoms with E-state index < -0.39 is 0 Å². The number of rotatable bonds is 7. The Kier molecular flexibility index (Phi) is 7.00. The molecule has 0 saturated heterocycles. The van der Waals surface area contributed by atoms with Gasteiger partial charge >= 0.3 is 0 Å². The maximum Gasteiger partial charge on any atom is 0.259 e. The molecule has 4 rings (SSSR count). The van der Waals surface area contributed by atoms with Crippen molar-refractivity contribution in [3.63, 3.8) is 0 Å². The van der Waals surface area contributed by atoms with Crippen LogP contribution in [0.25, 0.3) is 16.7 Å². The minimum absolute atomic E-state index is 0.326. The molecule has 0 bridgehead atoms. The van der Waals surface area contributed by atoms with E-state index in [0.717, 1.165) is 22.1 Å². The normalized spacial score (nSPS) is 11.1. The minimum atomic E-state index is -0.326. The largest absolute Gasteiger partial charge is 0.496 e. The van der Waals surface area contributed by atoms with E-state index in [0.29, 0.717) is 33.1 Å². The van der Waals surface area contributed by atoms with Crippen molar-refractivity contribution >= 4 is 50.2 Å². The van der Waals surface area contributed by atoms with Crippen molar-refractivity contribution < 1.29 is 9.53 Å². The molecule has 170 valence electrons. The van der Waals surface area contributed by atoms with Crippen molar-refractivity contribution in [3.8, 4) is 11.4 Å². The number of carbonyl (C=O) groups is 1. The lowest BCUT2D eigenvalue weighted by molar-refractivity contribution is 0.102. The quantitative estimate of drug-likeness (QED) is 0.289. The zero-order chi connectivity index (χ0) is 23.5. The lowest BCUT2D eigenvalue weighted by atomic mass is 10.1. The van der Waals surface area contributed by atoms with Crippen LogP contribution in [-0.2, 0) is 6.42 Å². The Balaban J connectivity index is 1.62. The van der Waals surface area contributed by atoms with E-state index in [1.165, 1.54) is 18.4 Å². The number of methoxy groups -OCH3 is 1. The smallest absolute Gasteiger partial charge is 0.259 e. The van der Waals surface area contributed by atoms with Crippen molar-refractivity contribution in [1.29, 1.82) is 0 Å². The number of hydrogen-bond acceptors (Lipinski definition) is 4. The molecule has 3 aromatic carbocycles. The third kappa shape index (κ3) is 5.04. The number of aryl methyl sites for hydroxylation is 2. The van der Waals surface area contributed by atoms with E-state index in [1.54, 1.807) is 30.1 Å². The van der Waals surface area contributed by atoms with Crippen LogP contribution in [0.2, 0.25) is 5.02 Å². The number of benzene rings is 3. The van der Waals surface area contributed by atoms with Crippen LogP contribution in [0.1, 0.15) is 41.3 Å². The third-order valence-electron chi connectivity index (χ3n) is 5.39. The second kappa shape index (κ2) is 9.93. The number of carbonyl (C=O) groups excluding carboxylic acids is 1. The van der Waals surface area contributed by atoms with Crippen LogP contribution in [0.4, 0.5) is 5.69 Å². The van der Waals surface area contributed by atoms with Gasteiger partial charge in [0.25, 0.3) is 5.91 Å². The molecule has 1 N–H and O–H groups in total. The molecule has 1 aromatic heterocycles. The number of hydrogen-bond donors (Lipinski definition) is 1. The topological polar surface area (TPSA) is 69.0 Å². The van der Waals surface area contributed by atoms with Gasteiger partial charge in [-0.3, -0.25) is 4.79 Å². The van der Waals surface area contributed by atoms with Crippen LogP contribution in [0.3, 0.4) is 0 Å². The molecular formula is C25H24BrClN4O2. The molecule has 1 heterocycles. The van der Waals surface area contributed by atoms with Crippen LogP contribution in [-0.4, -0.2) is 28.0 Å². The summed E-state index contributed by atoms with van der Waals surface area (Å²) in [6, 6.07) is 15.3. The van der Waals surface area contributed by atoms with Gasteiger partial charge < -0.3 is 10.1 Å². The fourth-order valence-corrected chi connectivity index (χ4v) is 4.46. The average molecular weight is 528 g/mol. The third-order valence-corrected chi connectivity index (χ3v) is 6.16. The van der Waals surface area contributed by atoms with Crippen LogP contribution < -0.4 is 10.1 Å². The number of nitrogens with zero attached hydrogens (tertiary/aromatic N) is 3. The highest BCUT2D eigenvalue weighted by atomic mass is 79.9. The van der Waals surface area contributed by atoms with Crippen molar-refractivity contribution in [3.05, 3.63) is 74.7 Å². The first-order valence-corrected chi connectivity index (χ1v) is 11.9. The number of unbranched alkanes of at least 4 members (excludes halogenated alkanes) is 1. The summed E-state index contributed by atoms with van der Waals surface area (Å²) in [6.45, 7) is 4.07. The van der Waals surface area contributed by atoms with E-state index in [9.17, 15) is 4.79 Å². The van der Waals surface area contributed by atoms with E-state index in [2.05, 4.69) is 50.5 Å². The number of amides is 1. The average Bonchev–Trinajstić information content (AvgIpc) is 3.20. The van der Waals surface area contributed by atoms with E-state index in [-0.39, 0.29) is 5.91 Å².